The number of hydrogen-bond donors (Lipinski definition) is 10. The van der Waals surface area contributed by atoms with Crippen molar-refractivity contribution in [1.29, 1.82) is 0 Å². The maximum absolute atomic E-state index is 12.7. The molecule has 12 aromatic rings. The molecule has 11 N–H and O–H groups in total. The van der Waals surface area contributed by atoms with E-state index in [0.717, 1.165) is 80.5 Å². The predicted octanol–water partition coefficient (Wildman–Crippen LogP) is 9.11. The second-order valence-electron chi connectivity index (χ2n) is 19.2. The van der Waals surface area contributed by atoms with Gasteiger partial charge < -0.3 is 61.0 Å². The van der Waals surface area contributed by atoms with Crippen LogP contribution in [-0.4, -0.2) is 67.4 Å². The number of aldehydes is 1. The summed E-state index contributed by atoms with van der Waals surface area (Å²) in [5.74, 6) is -0.0899. The highest BCUT2D eigenvalue weighted by atomic mass is 16.3. The lowest BCUT2D eigenvalue weighted by Crippen LogP contribution is -2.22. The van der Waals surface area contributed by atoms with Gasteiger partial charge in [-0.2, -0.15) is 0 Å². The third-order valence-electron chi connectivity index (χ3n) is 14.4. The number of rotatable bonds is 12. The van der Waals surface area contributed by atoms with Crippen LogP contribution >= 0.6 is 0 Å². The summed E-state index contributed by atoms with van der Waals surface area (Å²) in [4.78, 5) is 57.3. The Bertz CT molecular complexity index is 4150. The number of aromatic hydroxyl groups is 2. The predicted molar refractivity (Wildman–Crippen MR) is 295 cm³/mol. The largest absolute Gasteiger partial charge is 0.508 e. The van der Waals surface area contributed by atoms with Crippen LogP contribution in [0.15, 0.2) is 171 Å². The Morgan fingerprint density at radius 2 is 1.13 bits per heavy atom. The van der Waals surface area contributed by atoms with Crippen molar-refractivity contribution in [2.24, 2.45) is 5.73 Å². The molecule has 2 unspecified atom stereocenters. The fourth-order valence-corrected chi connectivity index (χ4v) is 10.7. The van der Waals surface area contributed by atoms with Gasteiger partial charge in [0.1, 0.15) is 11.5 Å². The van der Waals surface area contributed by atoms with Crippen LogP contribution in [-0.2, 0) is 32.7 Å². The van der Waals surface area contributed by atoms with Gasteiger partial charge in [-0.3, -0.25) is 14.4 Å². The molecule has 17 nitrogen and oxygen atoms in total. The Labute approximate surface area is 439 Å². The standard InChI is InChI=1S/C30H26N6O2.C17H12N2O3.C13H14N4/c37-21-7-8-22-24(12-21)29(35-30(22)38)28-23-3-1-2-4-25(23)34-26(28)15-31-13-18-5-6-19-9-10-36(27(19)11-18)16-20-14-32-17-33-20;20-8-14-15(11-3-1-2-4-13(11)18-14)16-12-7-9(21)5-6-10(12)17(22)19-16;14-6-10-1-2-11-3-4-17(13(11)5-10)8-12-7-15-9-16-12/h1-12,14,17,29,31,34,37H,13,15-16H2,(H,32,33)(H,35,38);1-8,16,18,21H,(H,19,22);1-5,7,9H,6,8,14H2,(H,15,16). The molecule has 0 radical (unpaired) electrons. The Morgan fingerprint density at radius 3 is 1.69 bits per heavy atom. The summed E-state index contributed by atoms with van der Waals surface area (Å²) in [5.41, 5.74) is 20.2. The summed E-state index contributed by atoms with van der Waals surface area (Å²) < 4.78 is 4.42. The molecule has 0 aliphatic carbocycles. The average molecular weight is 1020 g/mol. The molecular weight excluding hydrogens is 969 g/mol. The number of phenolic OH excluding ortho intramolecular Hbond substituents is 2. The number of para-hydroxylation sites is 2. The minimum absolute atomic E-state index is 0.0905. The lowest BCUT2D eigenvalue weighted by atomic mass is 9.95. The number of aromatic nitrogens is 8. The van der Waals surface area contributed by atoms with Crippen molar-refractivity contribution in [2.45, 2.75) is 44.8 Å². The molecule has 77 heavy (non-hydrogen) atoms. The fourth-order valence-electron chi connectivity index (χ4n) is 10.7. The van der Waals surface area contributed by atoms with Crippen LogP contribution in [0.3, 0.4) is 0 Å². The van der Waals surface area contributed by atoms with E-state index in [-0.39, 0.29) is 29.4 Å². The van der Waals surface area contributed by atoms with Crippen molar-refractivity contribution in [3.05, 3.63) is 238 Å². The van der Waals surface area contributed by atoms with E-state index in [1.54, 1.807) is 43.0 Å². The maximum Gasteiger partial charge on any atom is 0.252 e. The molecule has 6 aromatic heterocycles. The van der Waals surface area contributed by atoms with Crippen LogP contribution in [0.25, 0.3) is 43.6 Å². The summed E-state index contributed by atoms with van der Waals surface area (Å²) in [5, 5.41) is 33.8. The van der Waals surface area contributed by atoms with Gasteiger partial charge in [0.05, 0.1) is 54.9 Å². The number of phenols is 2. The Kier molecular flexibility index (Phi) is 12.7. The van der Waals surface area contributed by atoms with E-state index in [1.165, 1.54) is 33.4 Å². The van der Waals surface area contributed by atoms with Gasteiger partial charge in [-0.25, -0.2) is 9.97 Å². The van der Waals surface area contributed by atoms with E-state index >= 15 is 0 Å². The van der Waals surface area contributed by atoms with E-state index in [4.69, 9.17) is 5.73 Å². The zero-order chi connectivity index (χ0) is 52.6. The monoisotopic (exact) mass is 1020 g/mol. The zero-order valence-electron chi connectivity index (χ0n) is 41.4. The molecule has 0 fully saturated rings. The van der Waals surface area contributed by atoms with Crippen LogP contribution < -0.4 is 21.7 Å². The lowest BCUT2D eigenvalue weighted by Gasteiger charge is -2.15. The molecule has 2 aliphatic rings. The van der Waals surface area contributed by atoms with Crippen molar-refractivity contribution in [3.8, 4) is 11.5 Å². The zero-order valence-corrected chi connectivity index (χ0v) is 41.4. The van der Waals surface area contributed by atoms with Gasteiger partial charge in [0.2, 0.25) is 0 Å². The SMILES string of the molecule is NCc1ccc2ccn(Cc3cnc[nH]3)c2c1.O=C1NC(c2c(CNCc3ccc4ccn(Cc5cnc[nH]5)c4c3)[nH]c3ccccc23)c2cc(O)ccc21.O=Cc1[nH]c2ccccc2c1C1NC(=O)c2ccc(O)cc21. The lowest BCUT2D eigenvalue weighted by molar-refractivity contribution is 0.0952. The molecule has 14 rings (SSSR count). The number of imidazole rings is 2. The van der Waals surface area contributed by atoms with E-state index in [1.807, 2.05) is 54.9 Å². The number of nitrogens with one attached hydrogen (secondary N) is 7. The van der Waals surface area contributed by atoms with Crippen molar-refractivity contribution in [3.63, 3.8) is 0 Å². The van der Waals surface area contributed by atoms with Crippen LogP contribution in [0.5, 0.6) is 11.5 Å². The molecule has 382 valence electrons. The quantitative estimate of drug-likeness (QED) is 0.0523. The number of fused-ring (bicyclic) bond motifs is 6. The van der Waals surface area contributed by atoms with Crippen molar-refractivity contribution < 1.29 is 24.6 Å². The number of nitrogens with zero attached hydrogens (tertiary/aromatic N) is 4. The Morgan fingerprint density at radius 1 is 0.597 bits per heavy atom. The summed E-state index contributed by atoms with van der Waals surface area (Å²) >= 11 is 0. The van der Waals surface area contributed by atoms with Crippen molar-refractivity contribution >= 4 is 61.7 Å². The van der Waals surface area contributed by atoms with Crippen LogP contribution in [0.4, 0.5) is 0 Å². The summed E-state index contributed by atoms with van der Waals surface area (Å²) in [6, 6.07) is 41.6. The number of carbonyl (C=O) groups is 3. The Hall–Kier alpha value is -9.97. The van der Waals surface area contributed by atoms with Crippen LogP contribution in [0.1, 0.15) is 93.8 Å². The van der Waals surface area contributed by atoms with E-state index in [0.29, 0.717) is 42.0 Å². The number of benzene rings is 6. The number of carbonyl (C=O) groups excluding carboxylic acids is 3. The highest BCUT2D eigenvalue weighted by Gasteiger charge is 2.35. The van der Waals surface area contributed by atoms with E-state index in [2.05, 4.69) is 122 Å². The molecule has 17 heteroatoms. The number of H-pyrrole nitrogens is 4. The molecule has 2 amide bonds. The minimum atomic E-state index is -0.453. The summed E-state index contributed by atoms with van der Waals surface area (Å²) in [6.07, 6.45) is 12.0. The van der Waals surface area contributed by atoms with Crippen molar-refractivity contribution in [1.82, 2.24) is 55.0 Å². The molecule has 8 heterocycles. The smallest absolute Gasteiger partial charge is 0.252 e. The first-order valence-corrected chi connectivity index (χ1v) is 25.1. The molecule has 0 saturated heterocycles. The third-order valence-corrected chi connectivity index (χ3v) is 14.4. The Balaban J connectivity index is 0.000000129. The molecular formula is C60H52N12O5. The molecule has 6 aromatic carbocycles. The van der Waals surface area contributed by atoms with Gasteiger partial charge in [-0.1, -0.05) is 60.7 Å². The van der Waals surface area contributed by atoms with Gasteiger partial charge in [0.25, 0.3) is 11.8 Å². The van der Waals surface area contributed by atoms with Crippen LogP contribution in [0, 0.1) is 0 Å². The highest BCUT2D eigenvalue weighted by Crippen LogP contribution is 2.40. The fraction of sp³-hybridized carbons (Fsp3) is 0.117. The number of amides is 2. The highest BCUT2D eigenvalue weighted by molar-refractivity contribution is 6.03. The summed E-state index contributed by atoms with van der Waals surface area (Å²) in [7, 11) is 0. The van der Waals surface area contributed by atoms with Gasteiger partial charge >= 0.3 is 0 Å². The number of hydrogen-bond acceptors (Lipinski definition) is 9. The summed E-state index contributed by atoms with van der Waals surface area (Å²) in [6.45, 7) is 3.40. The van der Waals surface area contributed by atoms with E-state index in [9.17, 15) is 24.6 Å². The number of nitrogens with two attached hydrogens (primary N) is 1. The third kappa shape index (κ3) is 9.36. The van der Waals surface area contributed by atoms with Gasteiger partial charge in [-0.05, 0) is 106 Å². The topological polar surface area (TPSA) is 253 Å². The molecule has 0 bridgehead atoms. The normalized spacial score (nSPS) is 14.5. The minimum Gasteiger partial charge on any atom is -0.508 e. The molecule has 2 atom stereocenters. The molecule has 0 spiro atoms. The van der Waals surface area contributed by atoms with Gasteiger partial charge in [0.15, 0.2) is 6.29 Å². The average Bonchev–Trinajstić information content (AvgIpc) is 4.40. The first kappa shape index (κ1) is 48.0. The molecule has 2 aliphatic heterocycles. The molecule has 0 saturated carbocycles. The first-order chi connectivity index (χ1) is 37.7. The van der Waals surface area contributed by atoms with Gasteiger partial charge in [0, 0.05) is 105 Å². The maximum atomic E-state index is 12.7. The number of aromatic amines is 4. The van der Waals surface area contributed by atoms with Crippen LogP contribution in [0.2, 0.25) is 0 Å². The second-order valence-corrected chi connectivity index (χ2v) is 19.2. The first-order valence-electron chi connectivity index (χ1n) is 25.1. The van der Waals surface area contributed by atoms with Crippen molar-refractivity contribution in [2.75, 3.05) is 0 Å². The van der Waals surface area contributed by atoms with Gasteiger partial charge in [-0.15, -0.1) is 0 Å². The second kappa shape index (κ2) is 20.4. The van der Waals surface area contributed by atoms with E-state index < -0.39 is 6.04 Å².